The molecule has 2 bridgehead atoms. The zero-order valence-corrected chi connectivity index (χ0v) is 13.8. The van der Waals surface area contributed by atoms with E-state index >= 15 is 0 Å². The van der Waals surface area contributed by atoms with Crippen LogP contribution in [0.5, 0.6) is 0 Å². The van der Waals surface area contributed by atoms with Crippen molar-refractivity contribution in [2.45, 2.75) is 44.8 Å². The first-order valence-corrected chi connectivity index (χ1v) is 8.42. The highest BCUT2D eigenvalue weighted by molar-refractivity contribution is 5.83. The highest BCUT2D eigenvalue weighted by Gasteiger charge is 2.53. The molecule has 2 aliphatic rings. The lowest BCUT2D eigenvalue weighted by Crippen LogP contribution is -2.47. The van der Waals surface area contributed by atoms with Crippen LogP contribution in [0.3, 0.4) is 0 Å². The van der Waals surface area contributed by atoms with Crippen LogP contribution in [-0.4, -0.2) is 37.1 Å². The van der Waals surface area contributed by atoms with Crippen molar-refractivity contribution in [1.82, 2.24) is 10.6 Å². The Bertz CT molecular complexity index is 636. The summed E-state index contributed by atoms with van der Waals surface area (Å²) >= 11 is 0. The first-order valence-electron chi connectivity index (χ1n) is 8.42. The number of ether oxygens (including phenoxy) is 1. The molecule has 1 aromatic carbocycles. The van der Waals surface area contributed by atoms with Crippen molar-refractivity contribution in [3.05, 3.63) is 35.6 Å². The molecule has 5 nitrogen and oxygen atoms in total. The molecule has 2 N–H and O–H groups in total. The molecular formula is C18H23FN2O3. The Morgan fingerprint density at radius 1 is 1.29 bits per heavy atom. The normalized spacial score (nSPS) is 27.9. The number of rotatable bonds is 6. The van der Waals surface area contributed by atoms with Crippen LogP contribution in [0.15, 0.2) is 24.3 Å². The maximum absolute atomic E-state index is 13.1. The van der Waals surface area contributed by atoms with Gasteiger partial charge in [0.2, 0.25) is 11.8 Å². The number of benzene rings is 1. The van der Waals surface area contributed by atoms with Crippen molar-refractivity contribution < 1.29 is 18.7 Å². The Morgan fingerprint density at radius 2 is 2.08 bits per heavy atom. The first-order chi connectivity index (χ1) is 11.5. The van der Waals surface area contributed by atoms with Crippen molar-refractivity contribution >= 4 is 11.8 Å². The van der Waals surface area contributed by atoms with Gasteiger partial charge in [-0.25, -0.2) is 4.39 Å². The third kappa shape index (κ3) is 3.59. The average molecular weight is 334 g/mol. The molecule has 0 unspecified atom stereocenters. The monoisotopic (exact) mass is 334 g/mol. The topological polar surface area (TPSA) is 67.4 Å². The summed E-state index contributed by atoms with van der Waals surface area (Å²) < 4.78 is 18.8. The van der Waals surface area contributed by atoms with Crippen LogP contribution in [0.2, 0.25) is 0 Å². The molecule has 1 aromatic rings. The van der Waals surface area contributed by atoms with E-state index in [0.29, 0.717) is 18.7 Å². The third-order valence-electron chi connectivity index (χ3n) is 4.98. The Balaban J connectivity index is 1.38. The number of carbonyl (C=O) groups excluding carboxylic acids is 2. The SMILES string of the molecule is C[C@@]1(C(=O)NCCNC(=O)Cc2cccc(F)c2)C[C@H]2CC[C@H]1O2. The molecule has 6 heteroatoms. The van der Waals surface area contributed by atoms with Gasteiger partial charge in [0.15, 0.2) is 0 Å². The molecule has 0 aliphatic carbocycles. The maximum Gasteiger partial charge on any atom is 0.228 e. The molecule has 2 aliphatic heterocycles. The summed E-state index contributed by atoms with van der Waals surface area (Å²) in [6.07, 6.45) is 3.13. The van der Waals surface area contributed by atoms with E-state index in [9.17, 15) is 14.0 Å². The van der Waals surface area contributed by atoms with Crippen LogP contribution in [0.25, 0.3) is 0 Å². The number of fused-ring (bicyclic) bond motifs is 2. The molecule has 3 rings (SSSR count). The third-order valence-corrected chi connectivity index (χ3v) is 4.98. The second-order valence-corrected chi connectivity index (χ2v) is 6.86. The summed E-state index contributed by atoms with van der Waals surface area (Å²) in [5.41, 5.74) is 0.178. The van der Waals surface area contributed by atoms with Gasteiger partial charge >= 0.3 is 0 Å². The van der Waals surface area contributed by atoms with Crippen LogP contribution in [0.1, 0.15) is 31.7 Å². The first kappa shape index (κ1) is 16.9. The van der Waals surface area contributed by atoms with Crippen molar-refractivity contribution in [3.8, 4) is 0 Å². The Hall–Kier alpha value is -1.95. The Kier molecular flexibility index (Phi) is 4.85. The lowest BCUT2D eigenvalue weighted by atomic mass is 9.75. The van der Waals surface area contributed by atoms with E-state index in [2.05, 4.69) is 10.6 Å². The van der Waals surface area contributed by atoms with Gasteiger partial charge in [-0.3, -0.25) is 9.59 Å². The Morgan fingerprint density at radius 3 is 2.75 bits per heavy atom. The lowest BCUT2D eigenvalue weighted by Gasteiger charge is -2.29. The summed E-state index contributed by atoms with van der Waals surface area (Å²) in [6.45, 7) is 2.68. The number of amides is 2. The minimum Gasteiger partial charge on any atom is -0.374 e. The van der Waals surface area contributed by atoms with Crippen molar-refractivity contribution in [2.24, 2.45) is 5.41 Å². The van der Waals surface area contributed by atoms with Gasteiger partial charge in [-0.2, -0.15) is 0 Å². The molecule has 0 saturated carbocycles. The number of hydrogen-bond donors (Lipinski definition) is 2. The predicted octanol–water partition coefficient (Wildman–Crippen LogP) is 1.56. The standard InChI is InChI=1S/C18H23FN2O3/c1-18(11-14-5-6-15(18)24-14)17(23)21-8-7-20-16(22)10-12-3-2-4-13(19)9-12/h2-4,9,14-15H,5-8,10-11H2,1H3,(H,20,22)(H,21,23)/t14-,15-,18-/m1/s1. The lowest BCUT2D eigenvalue weighted by molar-refractivity contribution is -0.133. The minimum atomic E-state index is -0.450. The largest absolute Gasteiger partial charge is 0.374 e. The van der Waals surface area contributed by atoms with Crippen LogP contribution in [0, 0.1) is 11.2 Å². The van der Waals surface area contributed by atoms with Gasteiger partial charge in [-0.1, -0.05) is 12.1 Å². The summed E-state index contributed by atoms with van der Waals surface area (Å²) in [5, 5.41) is 5.62. The summed E-state index contributed by atoms with van der Waals surface area (Å²) in [5.74, 6) is -0.549. The van der Waals surface area contributed by atoms with Gasteiger partial charge in [0, 0.05) is 13.1 Å². The molecule has 24 heavy (non-hydrogen) atoms. The van der Waals surface area contributed by atoms with Gasteiger partial charge in [0.25, 0.3) is 0 Å². The Labute approximate surface area is 141 Å². The van der Waals surface area contributed by atoms with Crippen LogP contribution in [0.4, 0.5) is 4.39 Å². The number of carbonyl (C=O) groups is 2. The fraction of sp³-hybridized carbons (Fsp3) is 0.556. The second kappa shape index (κ2) is 6.89. The molecule has 2 saturated heterocycles. The fourth-order valence-electron chi connectivity index (χ4n) is 3.64. The van der Waals surface area contributed by atoms with Crippen molar-refractivity contribution in [2.75, 3.05) is 13.1 Å². The number of hydrogen-bond acceptors (Lipinski definition) is 3. The van der Waals surface area contributed by atoms with Gasteiger partial charge in [-0.15, -0.1) is 0 Å². The van der Waals surface area contributed by atoms with Gasteiger partial charge in [0.05, 0.1) is 24.0 Å². The zero-order chi connectivity index (χ0) is 17.2. The van der Waals surface area contributed by atoms with Gasteiger partial charge in [-0.05, 0) is 43.9 Å². The van der Waals surface area contributed by atoms with Crippen molar-refractivity contribution in [3.63, 3.8) is 0 Å². The molecule has 0 radical (unpaired) electrons. The van der Waals surface area contributed by atoms with Gasteiger partial charge < -0.3 is 15.4 Å². The zero-order valence-electron chi connectivity index (χ0n) is 13.8. The highest BCUT2D eigenvalue weighted by atomic mass is 19.1. The van der Waals surface area contributed by atoms with Gasteiger partial charge in [0.1, 0.15) is 5.82 Å². The second-order valence-electron chi connectivity index (χ2n) is 6.86. The number of halogens is 1. The fourth-order valence-corrected chi connectivity index (χ4v) is 3.64. The summed E-state index contributed by atoms with van der Waals surface area (Å²) in [7, 11) is 0. The summed E-state index contributed by atoms with van der Waals surface area (Å²) in [6, 6.07) is 5.98. The minimum absolute atomic E-state index is 0.00548. The molecule has 2 amide bonds. The number of nitrogens with one attached hydrogen (secondary N) is 2. The van der Waals surface area contributed by atoms with E-state index in [1.54, 1.807) is 12.1 Å². The quantitative estimate of drug-likeness (QED) is 0.776. The molecule has 3 atom stereocenters. The van der Waals surface area contributed by atoms with Crippen LogP contribution in [-0.2, 0) is 20.7 Å². The van der Waals surface area contributed by atoms with E-state index in [4.69, 9.17) is 4.74 Å². The van der Waals surface area contributed by atoms with Crippen molar-refractivity contribution in [1.29, 1.82) is 0 Å². The molecule has 0 aromatic heterocycles. The predicted molar refractivity (Wildman–Crippen MR) is 86.7 cm³/mol. The molecule has 2 fully saturated rings. The highest BCUT2D eigenvalue weighted by Crippen LogP contribution is 2.47. The summed E-state index contributed by atoms with van der Waals surface area (Å²) in [4.78, 5) is 24.2. The van der Waals surface area contributed by atoms with Crippen LogP contribution < -0.4 is 10.6 Å². The van der Waals surface area contributed by atoms with Crippen LogP contribution >= 0.6 is 0 Å². The van der Waals surface area contributed by atoms with E-state index < -0.39 is 5.41 Å². The molecule has 130 valence electrons. The van der Waals surface area contributed by atoms with E-state index in [-0.39, 0.29) is 36.3 Å². The van der Waals surface area contributed by atoms with E-state index in [0.717, 1.165) is 19.3 Å². The molecule has 2 heterocycles. The molecular weight excluding hydrogens is 311 g/mol. The van der Waals surface area contributed by atoms with E-state index in [1.807, 2.05) is 6.92 Å². The average Bonchev–Trinajstić information content (AvgIpc) is 3.12. The smallest absolute Gasteiger partial charge is 0.228 e. The maximum atomic E-state index is 13.1. The molecule has 0 spiro atoms. The van der Waals surface area contributed by atoms with E-state index in [1.165, 1.54) is 12.1 Å².